The molecule has 3 aromatic rings. The molecule has 29 heavy (non-hydrogen) atoms. The van der Waals surface area contributed by atoms with Crippen LogP contribution in [0, 0.1) is 16.1 Å². The Labute approximate surface area is 176 Å². The second-order valence-corrected chi connectivity index (χ2v) is 7.25. The first-order chi connectivity index (χ1) is 13.9. The monoisotopic (exact) mass is 407 g/mol. The van der Waals surface area contributed by atoms with Crippen molar-refractivity contribution >= 4 is 17.9 Å². The van der Waals surface area contributed by atoms with Crippen molar-refractivity contribution in [2.24, 2.45) is 0 Å². The Balaban J connectivity index is 2.26. The van der Waals surface area contributed by atoms with Crippen LogP contribution in [0.1, 0.15) is 37.5 Å². The number of aromatic hydroxyl groups is 1. The van der Waals surface area contributed by atoms with Crippen LogP contribution in [-0.2, 0) is 12.8 Å². The maximum Gasteiger partial charge on any atom is 0.200 e. The van der Waals surface area contributed by atoms with Gasteiger partial charge in [0.05, 0.1) is 11.3 Å². The lowest BCUT2D eigenvalue weighted by Gasteiger charge is -2.22. The van der Waals surface area contributed by atoms with Crippen LogP contribution >= 0.6 is 12.2 Å². The maximum absolute atomic E-state index is 10.2. The van der Waals surface area contributed by atoms with Crippen LogP contribution in [0.5, 0.6) is 5.75 Å². The van der Waals surface area contributed by atoms with E-state index in [1.807, 2.05) is 23.6 Å². The zero-order valence-corrected chi connectivity index (χ0v) is 18.0. The fourth-order valence-electron chi connectivity index (χ4n) is 3.43. The second kappa shape index (κ2) is 8.50. The van der Waals surface area contributed by atoms with Crippen molar-refractivity contribution in [2.45, 2.75) is 33.6 Å². The normalized spacial score (nSPS) is 10.7. The third kappa shape index (κ3) is 3.76. The molecule has 7 heteroatoms. The molecule has 0 unspecified atom stereocenters. The molecule has 0 fully saturated rings. The predicted octanol–water partition coefficient (Wildman–Crippen LogP) is 4.76. The van der Waals surface area contributed by atoms with Gasteiger partial charge in [0.15, 0.2) is 10.6 Å². The first-order valence-electron chi connectivity index (χ1n) is 9.73. The number of nitrogens with zero attached hydrogens (tertiary/aromatic N) is 4. The Kier molecular flexibility index (Phi) is 6.04. The number of aryl methyl sites for hydroxylation is 2. The van der Waals surface area contributed by atoms with E-state index in [-0.39, 0.29) is 5.75 Å². The quantitative estimate of drug-likeness (QED) is 0.576. The minimum atomic E-state index is 0.118. The van der Waals surface area contributed by atoms with Gasteiger partial charge in [-0.3, -0.25) is 9.67 Å². The van der Waals surface area contributed by atoms with Gasteiger partial charge in [0.2, 0.25) is 0 Å². The standard InChI is InChI=1S/C22H25N5OS/c1-5-14-8-9-17(12-19(14)26(4)7-3)27-21(24-25-22(27)29)18-10-15(6-2)20(28)11-16(18)13-23/h8-12,28H,5-7H2,1-4H3,(H,25,29). The van der Waals surface area contributed by atoms with Gasteiger partial charge in [0, 0.05) is 24.8 Å². The molecule has 0 aliphatic carbocycles. The topological polar surface area (TPSA) is 80.9 Å². The van der Waals surface area contributed by atoms with E-state index < -0.39 is 0 Å². The van der Waals surface area contributed by atoms with E-state index in [4.69, 9.17) is 12.2 Å². The summed E-state index contributed by atoms with van der Waals surface area (Å²) in [6.45, 7) is 7.09. The number of phenols is 1. The summed E-state index contributed by atoms with van der Waals surface area (Å²) in [7, 11) is 2.06. The Morgan fingerprint density at radius 1 is 1.17 bits per heavy atom. The van der Waals surface area contributed by atoms with Crippen LogP contribution in [0.25, 0.3) is 17.1 Å². The number of hydrogen-bond acceptors (Lipinski definition) is 5. The Morgan fingerprint density at radius 2 is 1.90 bits per heavy atom. The third-order valence-corrected chi connectivity index (χ3v) is 5.50. The molecule has 0 aliphatic heterocycles. The number of H-pyrrole nitrogens is 1. The molecule has 0 aliphatic rings. The molecule has 1 aromatic heterocycles. The van der Waals surface area contributed by atoms with Crippen molar-refractivity contribution in [3.05, 3.63) is 51.8 Å². The third-order valence-electron chi connectivity index (χ3n) is 5.23. The van der Waals surface area contributed by atoms with Gasteiger partial charge in [0.1, 0.15) is 11.8 Å². The van der Waals surface area contributed by atoms with E-state index in [2.05, 4.69) is 54.2 Å². The van der Waals surface area contributed by atoms with Crippen molar-refractivity contribution in [3.8, 4) is 28.9 Å². The van der Waals surface area contributed by atoms with Gasteiger partial charge in [-0.1, -0.05) is 19.9 Å². The summed E-state index contributed by atoms with van der Waals surface area (Å²) in [5, 5.41) is 27.0. The number of benzene rings is 2. The van der Waals surface area contributed by atoms with Crippen molar-refractivity contribution in [1.82, 2.24) is 14.8 Å². The largest absolute Gasteiger partial charge is 0.508 e. The molecule has 3 rings (SSSR count). The summed E-state index contributed by atoms with van der Waals surface area (Å²) in [6, 6.07) is 11.7. The summed E-state index contributed by atoms with van der Waals surface area (Å²) in [5.74, 6) is 0.670. The van der Waals surface area contributed by atoms with E-state index in [1.54, 1.807) is 0 Å². The van der Waals surface area contributed by atoms with Crippen LogP contribution in [0.3, 0.4) is 0 Å². The van der Waals surface area contributed by atoms with Gasteiger partial charge in [-0.05, 0) is 67.4 Å². The fraction of sp³-hybridized carbons (Fsp3) is 0.318. The number of anilines is 1. The van der Waals surface area contributed by atoms with Crippen LogP contribution in [-0.4, -0.2) is 33.5 Å². The van der Waals surface area contributed by atoms with Gasteiger partial charge >= 0.3 is 0 Å². The second-order valence-electron chi connectivity index (χ2n) is 6.86. The van der Waals surface area contributed by atoms with Gasteiger partial charge in [0.25, 0.3) is 0 Å². The lowest BCUT2D eigenvalue weighted by atomic mass is 10.0. The highest BCUT2D eigenvalue weighted by atomic mass is 32.1. The molecule has 0 bridgehead atoms. The highest BCUT2D eigenvalue weighted by molar-refractivity contribution is 7.71. The number of nitriles is 1. The van der Waals surface area contributed by atoms with Gasteiger partial charge < -0.3 is 10.0 Å². The molecule has 1 heterocycles. The number of hydrogen-bond donors (Lipinski definition) is 2. The molecule has 150 valence electrons. The molecule has 0 radical (unpaired) electrons. The zero-order chi connectivity index (χ0) is 21.1. The first-order valence-corrected chi connectivity index (χ1v) is 10.1. The van der Waals surface area contributed by atoms with E-state index >= 15 is 0 Å². The van der Waals surface area contributed by atoms with Gasteiger partial charge in [-0.15, -0.1) is 0 Å². The first kappa shape index (κ1) is 20.6. The molecule has 0 spiro atoms. The number of aromatic nitrogens is 3. The van der Waals surface area contributed by atoms with E-state index in [9.17, 15) is 10.4 Å². The smallest absolute Gasteiger partial charge is 0.200 e. The molecule has 6 nitrogen and oxygen atoms in total. The molecule has 0 saturated heterocycles. The van der Waals surface area contributed by atoms with Crippen molar-refractivity contribution in [3.63, 3.8) is 0 Å². The van der Waals surface area contributed by atoms with Crippen LogP contribution < -0.4 is 4.90 Å². The van der Waals surface area contributed by atoms with E-state index in [0.717, 1.165) is 29.9 Å². The summed E-state index contributed by atoms with van der Waals surface area (Å²) >= 11 is 5.52. The van der Waals surface area contributed by atoms with Crippen LogP contribution in [0.4, 0.5) is 5.69 Å². The molecule has 2 N–H and O–H groups in total. The summed E-state index contributed by atoms with van der Waals surface area (Å²) in [6.07, 6.45) is 1.58. The number of aromatic amines is 1. The minimum Gasteiger partial charge on any atom is -0.508 e. The van der Waals surface area contributed by atoms with Crippen molar-refractivity contribution in [2.75, 3.05) is 18.5 Å². The molecule has 0 amide bonds. The van der Waals surface area contributed by atoms with Gasteiger partial charge in [-0.25, -0.2) is 0 Å². The lowest BCUT2D eigenvalue weighted by molar-refractivity contribution is 0.469. The lowest BCUT2D eigenvalue weighted by Crippen LogP contribution is -2.18. The Morgan fingerprint density at radius 3 is 2.52 bits per heavy atom. The van der Waals surface area contributed by atoms with Crippen LogP contribution in [0.2, 0.25) is 0 Å². The number of rotatable bonds is 6. The van der Waals surface area contributed by atoms with E-state index in [1.165, 1.54) is 11.6 Å². The average molecular weight is 408 g/mol. The molecular formula is C22H25N5OS. The zero-order valence-electron chi connectivity index (χ0n) is 17.2. The maximum atomic E-state index is 10.2. The predicted molar refractivity (Wildman–Crippen MR) is 118 cm³/mol. The van der Waals surface area contributed by atoms with Crippen molar-refractivity contribution < 1.29 is 5.11 Å². The molecule has 0 atom stereocenters. The summed E-state index contributed by atoms with van der Waals surface area (Å²) in [4.78, 5) is 2.20. The fourth-order valence-corrected chi connectivity index (χ4v) is 3.66. The number of nitrogens with one attached hydrogen (secondary N) is 1. The van der Waals surface area contributed by atoms with Crippen LogP contribution in [0.15, 0.2) is 30.3 Å². The average Bonchev–Trinajstić information content (AvgIpc) is 3.13. The van der Waals surface area contributed by atoms with Gasteiger partial charge in [-0.2, -0.15) is 10.4 Å². The number of phenolic OH excluding ortho intramolecular Hbond substituents is 1. The highest BCUT2D eigenvalue weighted by Crippen LogP contribution is 2.32. The molecule has 2 aromatic carbocycles. The Hall–Kier alpha value is -3.11. The molecular weight excluding hydrogens is 382 g/mol. The van der Waals surface area contributed by atoms with E-state index in [0.29, 0.717) is 28.1 Å². The summed E-state index contributed by atoms with van der Waals surface area (Å²) in [5.41, 5.74) is 5.02. The molecule has 0 saturated carbocycles. The van der Waals surface area contributed by atoms with Crippen molar-refractivity contribution in [1.29, 1.82) is 5.26 Å². The highest BCUT2D eigenvalue weighted by Gasteiger charge is 2.18. The minimum absolute atomic E-state index is 0.118. The summed E-state index contributed by atoms with van der Waals surface area (Å²) < 4.78 is 2.29. The SMILES string of the molecule is CCc1cc(-c2n[nH]c(=S)n2-c2ccc(CC)c(N(C)CC)c2)c(C#N)cc1O. The Bertz CT molecular complexity index is 1140.